The zero-order valence-corrected chi connectivity index (χ0v) is 10.6. The van der Waals surface area contributed by atoms with E-state index in [-0.39, 0.29) is 6.03 Å². The van der Waals surface area contributed by atoms with E-state index in [0.29, 0.717) is 12.0 Å². The van der Waals surface area contributed by atoms with Crippen molar-refractivity contribution in [3.8, 4) is 0 Å². The average Bonchev–Trinajstić information content (AvgIpc) is 2.83. The first-order chi connectivity index (χ1) is 8.34. The highest BCUT2D eigenvalue weighted by molar-refractivity contribution is 5.75. The summed E-state index contributed by atoms with van der Waals surface area (Å²) in [5, 5.41) is 5.84. The lowest BCUT2D eigenvalue weighted by molar-refractivity contribution is 0.240. The second-order valence-electron chi connectivity index (χ2n) is 5.36. The van der Waals surface area contributed by atoms with Gasteiger partial charge in [-0.25, -0.2) is 4.79 Å². The molecule has 0 bridgehead atoms. The maximum absolute atomic E-state index is 11.6. The fourth-order valence-corrected chi connectivity index (χ4v) is 2.88. The standard InChI is InChI=1S/C14H24N2O/c17-14(16-13-8-4-5-9-13)15-11-10-12-6-2-1-3-7-12/h10-13H,1-9H2,(H2,15,16,17)/b11-10+. The summed E-state index contributed by atoms with van der Waals surface area (Å²) in [5.74, 6) is 0.676. The minimum atomic E-state index is -0.0380. The Balaban J connectivity index is 1.62. The molecular formula is C14H24N2O. The molecule has 0 radical (unpaired) electrons. The molecule has 0 unspecified atom stereocenters. The summed E-state index contributed by atoms with van der Waals surface area (Å²) in [6.07, 6.45) is 15.4. The Morgan fingerprint density at radius 1 is 0.941 bits per heavy atom. The van der Waals surface area contributed by atoms with Gasteiger partial charge in [0.15, 0.2) is 0 Å². The molecule has 2 saturated carbocycles. The van der Waals surface area contributed by atoms with Gasteiger partial charge in [0.2, 0.25) is 0 Å². The SMILES string of the molecule is O=C(N/C=C/C1CCCCC1)NC1CCCC1. The fourth-order valence-electron chi connectivity index (χ4n) is 2.88. The van der Waals surface area contributed by atoms with E-state index in [9.17, 15) is 4.79 Å². The van der Waals surface area contributed by atoms with Crippen LogP contribution in [0, 0.1) is 5.92 Å². The second kappa shape index (κ2) is 6.67. The highest BCUT2D eigenvalue weighted by atomic mass is 16.2. The van der Waals surface area contributed by atoms with Gasteiger partial charge >= 0.3 is 6.03 Å². The molecule has 17 heavy (non-hydrogen) atoms. The van der Waals surface area contributed by atoms with Crippen molar-refractivity contribution >= 4 is 6.03 Å². The zero-order valence-electron chi connectivity index (χ0n) is 10.6. The van der Waals surface area contributed by atoms with Gasteiger partial charge in [-0.1, -0.05) is 38.2 Å². The van der Waals surface area contributed by atoms with Gasteiger partial charge in [0.05, 0.1) is 0 Å². The van der Waals surface area contributed by atoms with Crippen molar-refractivity contribution in [2.24, 2.45) is 5.92 Å². The number of allylic oxidation sites excluding steroid dienone is 1. The molecule has 3 heteroatoms. The summed E-state index contributed by atoms with van der Waals surface area (Å²) in [5.41, 5.74) is 0. The lowest BCUT2D eigenvalue weighted by Crippen LogP contribution is -2.38. The summed E-state index contributed by atoms with van der Waals surface area (Å²) in [7, 11) is 0. The van der Waals surface area contributed by atoms with E-state index in [1.807, 2.05) is 6.20 Å². The molecule has 0 spiro atoms. The molecule has 2 aliphatic carbocycles. The van der Waals surface area contributed by atoms with E-state index < -0.39 is 0 Å². The molecule has 0 atom stereocenters. The monoisotopic (exact) mass is 236 g/mol. The highest BCUT2D eigenvalue weighted by Gasteiger charge is 2.16. The van der Waals surface area contributed by atoms with Crippen LogP contribution in [0.15, 0.2) is 12.3 Å². The van der Waals surface area contributed by atoms with Crippen molar-refractivity contribution in [3.63, 3.8) is 0 Å². The predicted molar refractivity (Wildman–Crippen MR) is 69.6 cm³/mol. The zero-order chi connectivity index (χ0) is 11.9. The number of hydrogen-bond acceptors (Lipinski definition) is 1. The van der Waals surface area contributed by atoms with Crippen molar-refractivity contribution in [1.82, 2.24) is 10.6 Å². The average molecular weight is 236 g/mol. The maximum atomic E-state index is 11.6. The van der Waals surface area contributed by atoms with Gasteiger partial charge in [-0.15, -0.1) is 0 Å². The highest BCUT2D eigenvalue weighted by Crippen LogP contribution is 2.24. The maximum Gasteiger partial charge on any atom is 0.318 e. The van der Waals surface area contributed by atoms with Crippen molar-refractivity contribution in [3.05, 3.63) is 12.3 Å². The van der Waals surface area contributed by atoms with Crippen molar-refractivity contribution in [2.45, 2.75) is 63.8 Å². The number of amides is 2. The van der Waals surface area contributed by atoms with E-state index in [1.165, 1.54) is 44.9 Å². The Hall–Kier alpha value is -0.990. The molecule has 2 N–H and O–H groups in total. The topological polar surface area (TPSA) is 41.1 Å². The second-order valence-corrected chi connectivity index (χ2v) is 5.36. The van der Waals surface area contributed by atoms with Gasteiger partial charge < -0.3 is 10.6 Å². The molecule has 0 saturated heterocycles. The van der Waals surface area contributed by atoms with Crippen LogP contribution in [0.3, 0.4) is 0 Å². The van der Waals surface area contributed by atoms with Gasteiger partial charge in [0, 0.05) is 12.2 Å². The molecule has 2 aliphatic rings. The minimum absolute atomic E-state index is 0.0380. The van der Waals surface area contributed by atoms with Gasteiger partial charge in [0.1, 0.15) is 0 Å². The van der Waals surface area contributed by atoms with Crippen LogP contribution in [-0.4, -0.2) is 12.1 Å². The molecule has 0 aliphatic heterocycles. The van der Waals surface area contributed by atoms with Crippen LogP contribution in [0.25, 0.3) is 0 Å². The third-order valence-electron chi connectivity index (χ3n) is 3.92. The van der Waals surface area contributed by atoms with Crippen molar-refractivity contribution in [2.75, 3.05) is 0 Å². The largest absolute Gasteiger partial charge is 0.335 e. The van der Waals surface area contributed by atoms with Gasteiger partial charge in [0.25, 0.3) is 0 Å². The Morgan fingerprint density at radius 3 is 2.29 bits per heavy atom. The molecule has 0 aromatic rings. The lowest BCUT2D eigenvalue weighted by Gasteiger charge is -2.17. The van der Waals surface area contributed by atoms with Crippen LogP contribution < -0.4 is 10.6 Å². The number of carbonyl (C=O) groups excluding carboxylic acids is 1. The molecule has 2 fully saturated rings. The normalized spacial score (nSPS) is 23.1. The molecular weight excluding hydrogens is 212 g/mol. The van der Waals surface area contributed by atoms with Crippen LogP contribution in [0.1, 0.15) is 57.8 Å². The smallest absolute Gasteiger partial charge is 0.318 e. The number of hydrogen-bond donors (Lipinski definition) is 2. The fraction of sp³-hybridized carbons (Fsp3) is 0.786. The third-order valence-corrected chi connectivity index (χ3v) is 3.92. The van der Waals surface area contributed by atoms with Crippen LogP contribution in [-0.2, 0) is 0 Å². The van der Waals surface area contributed by atoms with Gasteiger partial charge in [-0.2, -0.15) is 0 Å². The van der Waals surface area contributed by atoms with Crippen molar-refractivity contribution < 1.29 is 4.79 Å². The Kier molecular flexibility index (Phi) is 4.89. The first-order valence-electron chi connectivity index (χ1n) is 7.08. The Labute approximate surface area is 104 Å². The molecule has 0 heterocycles. The van der Waals surface area contributed by atoms with E-state index in [4.69, 9.17) is 0 Å². The number of rotatable bonds is 3. The first kappa shape index (κ1) is 12.5. The molecule has 96 valence electrons. The number of carbonyl (C=O) groups is 1. The van der Waals surface area contributed by atoms with E-state index >= 15 is 0 Å². The van der Waals surface area contributed by atoms with Gasteiger partial charge in [-0.3, -0.25) is 0 Å². The summed E-state index contributed by atoms with van der Waals surface area (Å²) in [6, 6.07) is 0.363. The number of nitrogens with one attached hydrogen (secondary N) is 2. The van der Waals surface area contributed by atoms with E-state index in [2.05, 4.69) is 16.7 Å². The third kappa shape index (κ3) is 4.41. The van der Waals surface area contributed by atoms with E-state index in [0.717, 1.165) is 12.8 Å². The lowest BCUT2D eigenvalue weighted by atomic mass is 9.89. The van der Waals surface area contributed by atoms with E-state index in [1.54, 1.807) is 0 Å². The predicted octanol–water partition coefficient (Wildman–Crippen LogP) is 3.32. The molecule has 0 aromatic heterocycles. The minimum Gasteiger partial charge on any atom is -0.335 e. The summed E-state index contributed by atoms with van der Waals surface area (Å²) >= 11 is 0. The Morgan fingerprint density at radius 2 is 1.59 bits per heavy atom. The molecule has 2 rings (SSSR count). The van der Waals surface area contributed by atoms with Gasteiger partial charge in [-0.05, 0) is 31.6 Å². The van der Waals surface area contributed by atoms with Crippen LogP contribution in [0.2, 0.25) is 0 Å². The van der Waals surface area contributed by atoms with Crippen LogP contribution in [0.4, 0.5) is 4.79 Å². The molecule has 0 aromatic carbocycles. The molecule has 3 nitrogen and oxygen atoms in total. The quantitative estimate of drug-likeness (QED) is 0.775. The summed E-state index contributed by atoms with van der Waals surface area (Å²) in [6.45, 7) is 0. The number of urea groups is 1. The Bertz CT molecular complexity index is 263. The molecule has 2 amide bonds. The van der Waals surface area contributed by atoms with Crippen LogP contribution >= 0.6 is 0 Å². The van der Waals surface area contributed by atoms with Crippen LogP contribution in [0.5, 0.6) is 0 Å². The summed E-state index contributed by atoms with van der Waals surface area (Å²) < 4.78 is 0. The first-order valence-corrected chi connectivity index (χ1v) is 7.08. The summed E-state index contributed by atoms with van der Waals surface area (Å²) in [4.78, 5) is 11.6. The van der Waals surface area contributed by atoms with Crippen molar-refractivity contribution in [1.29, 1.82) is 0 Å².